The summed E-state index contributed by atoms with van der Waals surface area (Å²) < 4.78 is 35.4. The van der Waals surface area contributed by atoms with Crippen molar-refractivity contribution in [2.75, 3.05) is 33.9 Å². The van der Waals surface area contributed by atoms with Gasteiger partial charge in [0.25, 0.3) is 10.3 Å². The third kappa shape index (κ3) is 9.60. The van der Waals surface area contributed by atoms with Crippen LogP contribution in [-0.2, 0) is 19.8 Å². The van der Waals surface area contributed by atoms with Crippen molar-refractivity contribution in [1.82, 2.24) is 0 Å². The maximum absolute atomic E-state index is 10.5. The van der Waals surface area contributed by atoms with Crippen molar-refractivity contribution in [2.24, 2.45) is 0 Å². The van der Waals surface area contributed by atoms with E-state index in [0.717, 1.165) is 0 Å². The van der Waals surface area contributed by atoms with Gasteiger partial charge in [-0.2, -0.15) is 8.42 Å². The number of hydrogen-bond donors (Lipinski definition) is 1. The molecule has 0 amide bonds. The second-order valence-corrected chi connectivity index (χ2v) is 6.15. The van der Waals surface area contributed by atoms with E-state index in [4.69, 9.17) is 5.11 Å². The molecule has 0 saturated heterocycles. The highest BCUT2D eigenvalue weighted by Gasteiger charge is 2.21. The minimum absolute atomic E-state index is 0.1000. The molecular weight excluding hydrogens is 274 g/mol. The number of carbonyl (C=O) groups excluding carboxylic acids is 1. The van der Waals surface area contributed by atoms with E-state index >= 15 is 0 Å². The minimum atomic E-state index is -4.30. The molecule has 0 aliphatic rings. The molecule has 0 heterocycles. The quantitative estimate of drug-likeness (QED) is 0.321. The molecule has 0 unspecified atom stereocenters. The molecule has 0 radical (unpaired) electrons. The van der Waals surface area contributed by atoms with E-state index < -0.39 is 14.2 Å². The lowest BCUT2D eigenvalue weighted by Gasteiger charge is -2.30. The summed E-state index contributed by atoms with van der Waals surface area (Å²) in [5, 5.41) is 8.39. The lowest BCUT2D eigenvalue weighted by atomic mass is 10.4. The van der Waals surface area contributed by atoms with E-state index in [2.05, 4.69) is 11.3 Å². The van der Waals surface area contributed by atoms with Crippen LogP contribution in [0.1, 0.15) is 20.3 Å². The molecule has 0 spiro atoms. The maximum atomic E-state index is 10.5. The Morgan fingerprint density at radius 3 is 2.11 bits per heavy atom. The largest absolute Gasteiger partial charge is 0.702 e. The fraction of sp³-hybridized carbons (Fsp3) is 0.727. The van der Waals surface area contributed by atoms with Crippen LogP contribution < -0.4 is 0 Å². The average Bonchev–Trinajstić information content (AvgIpc) is 2.26. The summed E-state index contributed by atoms with van der Waals surface area (Å²) in [5.74, 6) is -0.312. The van der Waals surface area contributed by atoms with Gasteiger partial charge in [0.15, 0.2) is 0 Å². The molecule has 0 fully saturated rings. The molecule has 19 heavy (non-hydrogen) atoms. The van der Waals surface area contributed by atoms with Gasteiger partial charge in [0.05, 0.1) is 27.2 Å². The number of aliphatic hydroxyl groups is 1. The normalized spacial score (nSPS) is 11.3. The highest BCUT2D eigenvalue weighted by molar-refractivity contribution is 7.79. The Morgan fingerprint density at radius 1 is 1.42 bits per heavy atom. The molecule has 7 nitrogen and oxygen atoms in total. The molecule has 0 aromatic carbocycles. The van der Waals surface area contributed by atoms with E-state index in [0.29, 0.717) is 18.6 Å². The van der Waals surface area contributed by atoms with E-state index in [-0.39, 0.29) is 19.1 Å². The first-order chi connectivity index (χ1) is 8.49. The van der Waals surface area contributed by atoms with E-state index in [9.17, 15) is 17.8 Å². The summed E-state index contributed by atoms with van der Waals surface area (Å²) in [6.07, 6.45) is 0.314. The number of rotatable bonds is 6. The molecule has 0 aromatic heterocycles. The summed E-state index contributed by atoms with van der Waals surface area (Å²) >= 11 is 0. The van der Waals surface area contributed by atoms with Crippen LogP contribution >= 0.6 is 0 Å². The molecular formula is C11H23NO6S. The number of ether oxygens (including phenoxy) is 1. The van der Waals surface area contributed by atoms with E-state index in [1.54, 1.807) is 13.8 Å². The van der Waals surface area contributed by atoms with Crippen molar-refractivity contribution in [3.8, 4) is 0 Å². The highest BCUT2D eigenvalue weighted by atomic mass is 32.2. The van der Waals surface area contributed by atoms with Crippen molar-refractivity contribution in [1.29, 1.82) is 0 Å². The molecule has 114 valence electrons. The fourth-order valence-electron chi connectivity index (χ4n) is 0.818. The number of hydrogen-bond acceptors (Lipinski definition) is 6. The predicted octanol–water partition coefficient (Wildman–Crippen LogP) is 0.0310. The Bertz CT molecular complexity index is 388. The van der Waals surface area contributed by atoms with Crippen molar-refractivity contribution < 1.29 is 31.5 Å². The molecule has 0 saturated carbocycles. The van der Waals surface area contributed by atoms with Crippen molar-refractivity contribution in [3.63, 3.8) is 0 Å². The highest BCUT2D eigenvalue weighted by Crippen LogP contribution is 2.05. The summed E-state index contributed by atoms with van der Waals surface area (Å²) in [4.78, 5) is 10.4. The Labute approximate surface area is 115 Å². The van der Waals surface area contributed by atoms with Crippen molar-refractivity contribution in [3.05, 3.63) is 12.2 Å². The van der Waals surface area contributed by atoms with Crippen LogP contribution in [0.2, 0.25) is 0 Å². The number of esters is 1. The van der Waals surface area contributed by atoms with E-state index in [1.165, 1.54) is 14.1 Å². The van der Waals surface area contributed by atoms with Gasteiger partial charge in [-0.15, -0.1) is 0 Å². The van der Waals surface area contributed by atoms with Gasteiger partial charge in [-0.1, -0.05) is 6.58 Å². The molecule has 0 rings (SSSR count). The monoisotopic (exact) mass is 297 g/mol. The number of quaternary nitrogens is 1. The van der Waals surface area contributed by atoms with Crippen LogP contribution in [0, 0.1) is 0 Å². The standard InChI is InChI=1S/C6H10O2.C5H13NO4S/c1-4-8-6(7)5(2)3;1-6(2,4-3-5-7)11(8,9)10/h2,4H2,1,3H3;7H,3-5H2,1-2H3. The molecule has 8 heteroatoms. The Balaban J connectivity index is 0. The number of nitrogens with zero attached hydrogens (tertiary/aromatic N) is 1. The molecule has 0 aliphatic heterocycles. The Morgan fingerprint density at radius 2 is 1.89 bits per heavy atom. The van der Waals surface area contributed by atoms with Crippen LogP contribution in [-0.4, -0.2) is 61.8 Å². The van der Waals surface area contributed by atoms with Crippen LogP contribution in [0.3, 0.4) is 0 Å². The summed E-state index contributed by atoms with van der Waals surface area (Å²) in [6, 6.07) is 0. The smallest absolute Gasteiger partial charge is 0.333 e. The summed E-state index contributed by atoms with van der Waals surface area (Å²) in [5.41, 5.74) is 0.451. The van der Waals surface area contributed by atoms with Gasteiger partial charge >= 0.3 is 5.97 Å². The third-order valence-electron chi connectivity index (χ3n) is 2.08. The zero-order valence-corrected chi connectivity index (χ0v) is 12.7. The van der Waals surface area contributed by atoms with Crippen LogP contribution in [0.25, 0.3) is 0 Å². The summed E-state index contributed by atoms with van der Waals surface area (Å²) in [7, 11) is -1.69. The molecule has 0 aromatic rings. The molecule has 0 aliphatic carbocycles. The molecule has 0 atom stereocenters. The second-order valence-electron chi connectivity index (χ2n) is 4.30. The predicted molar refractivity (Wildman–Crippen MR) is 69.8 cm³/mol. The van der Waals surface area contributed by atoms with Gasteiger partial charge in [-0.3, -0.25) is 0 Å². The van der Waals surface area contributed by atoms with Gasteiger partial charge in [-0.05, 0) is 13.8 Å². The van der Waals surface area contributed by atoms with Gasteiger partial charge in [0.1, 0.15) is 0 Å². The fourth-order valence-corrected chi connectivity index (χ4v) is 1.17. The van der Waals surface area contributed by atoms with Gasteiger partial charge in [0, 0.05) is 18.6 Å². The van der Waals surface area contributed by atoms with Gasteiger partial charge < -0.3 is 14.4 Å². The summed E-state index contributed by atoms with van der Waals surface area (Å²) in [6.45, 7) is 7.25. The lowest BCUT2D eigenvalue weighted by Crippen LogP contribution is -2.45. The number of carbonyl (C=O) groups is 1. The SMILES string of the molecule is C=C(C)C(=O)OCC.C[N+](C)(CCCO)S(=O)(=O)[O-]. The van der Waals surface area contributed by atoms with Crippen LogP contribution in [0.5, 0.6) is 0 Å². The first-order valence-electron chi connectivity index (χ1n) is 5.72. The lowest BCUT2D eigenvalue weighted by molar-refractivity contribution is -0.768. The number of aliphatic hydroxyl groups excluding tert-OH is 1. The first kappa shape index (κ1) is 20.4. The molecule has 0 bridgehead atoms. The van der Waals surface area contributed by atoms with Crippen molar-refractivity contribution >= 4 is 16.3 Å². The zero-order valence-electron chi connectivity index (χ0n) is 11.9. The van der Waals surface area contributed by atoms with Gasteiger partial charge in [0.2, 0.25) is 0 Å². The van der Waals surface area contributed by atoms with Crippen LogP contribution in [0.15, 0.2) is 12.2 Å². The maximum Gasteiger partial charge on any atom is 0.333 e. The van der Waals surface area contributed by atoms with Gasteiger partial charge in [-0.25, -0.2) is 8.68 Å². The zero-order chi connectivity index (χ0) is 15.7. The van der Waals surface area contributed by atoms with Crippen molar-refractivity contribution in [2.45, 2.75) is 20.3 Å². The van der Waals surface area contributed by atoms with E-state index in [1.807, 2.05) is 0 Å². The first-order valence-corrected chi connectivity index (χ1v) is 7.08. The topological polar surface area (TPSA) is 104 Å². The molecule has 1 N–H and O–H groups in total. The average molecular weight is 297 g/mol. The van der Waals surface area contributed by atoms with Crippen LogP contribution in [0.4, 0.5) is 0 Å². The third-order valence-corrected chi connectivity index (χ3v) is 3.48. The second kappa shape index (κ2) is 9.03. The Hall–Kier alpha value is -0.960. The minimum Gasteiger partial charge on any atom is -0.702 e. The Kier molecular flexibility index (Phi) is 9.67.